The van der Waals surface area contributed by atoms with Gasteiger partial charge in [-0.1, -0.05) is 12.8 Å². The zero-order valence-corrected chi connectivity index (χ0v) is 15.5. The third-order valence-electron chi connectivity index (χ3n) is 5.25. The van der Waals surface area contributed by atoms with Crippen LogP contribution in [0.3, 0.4) is 0 Å². The summed E-state index contributed by atoms with van der Waals surface area (Å²) in [7, 11) is 0. The molecule has 1 saturated carbocycles. The number of nitrogens with two attached hydrogens (primary N) is 1. The number of thioether (sulfide) groups is 1. The first-order valence-electron chi connectivity index (χ1n) is 9.22. The highest BCUT2D eigenvalue weighted by Gasteiger charge is 2.23. The molecule has 1 aromatic rings. The van der Waals surface area contributed by atoms with Crippen LogP contribution in [0.1, 0.15) is 39.0 Å². The van der Waals surface area contributed by atoms with E-state index < -0.39 is 0 Å². The molecule has 0 saturated heterocycles. The lowest BCUT2D eigenvalue weighted by atomic mass is 10.0. The van der Waals surface area contributed by atoms with Crippen molar-refractivity contribution in [3.05, 3.63) is 18.2 Å². The van der Waals surface area contributed by atoms with Crippen LogP contribution < -0.4 is 10.6 Å². The van der Waals surface area contributed by atoms with Crippen molar-refractivity contribution >= 4 is 29.0 Å². The van der Waals surface area contributed by atoms with Gasteiger partial charge in [0.1, 0.15) is 0 Å². The van der Waals surface area contributed by atoms with E-state index in [0.29, 0.717) is 11.8 Å². The van der Waals surface area contributed by atoms with E-state index in [9.17, 15) is 4.79 Å². The number of fused-ring (bicyclic) bond motifs is 1. The molecule has 5 heteroatoms. The topological polar surface area (TPSA) is 49.6 Å². The fraction of sp³-hybridized carbons (Fsp3) is 0.632. The molecule has 4 nitrogen and oxygen atoms in total. The summed E-state index contributed by atoms with van der Waals surface area (Å²) in [5, 5.41) is 0. The highest BCUT2D eigenvalue weighted by Crippen LogP contribution is 2.36. The SMILES string of the molecule is CCN(CCN1CCSc2ccc(N)cc21)C(=O)CC1CCCC1. The predicted octanol–water partition coefficient (Wildman–Crippen LogP) is 3.61. The first-order valence-corrected chi connectivity index (χ1v) is 10.2. The maximum absolute atomic E-state index is 12.6. The van der Waals surface area contributed by atoms with Crippen molar-refractivity contribution in [3.8, 4) is 0 Å². The number of hydrogen-bond acceptors (Lipinski definition) is 4. The van der Waals surface area contributed by atoms with E-state index in [0.717, 1.165) is 44.0 Å². The van der Waals surface area contributed by atoms with Gasteiger partial charge in [-0.3, -0.25) is 4.79 Å². The van der Waals surface area contributed by atoms with Crippen LogP contribution in [0.2, 0.25) is 0 Å². The van der Waals surface area contributed by atoms with Gasteiger partial charge in [0, 0.05) is 48.9 Å². The van der Waals surface area contributed by atoms with Crippen molar-refractivity contribution in [3.63, 3.8) is 0 Å². The van der Waals surface area contributed by atoms with Gasteiger partial charge in [-0.2, -0.15) is 0 Å². The highest BCUT2D eigenvalue weighted by atomic mass is 32.2. The van der Waals surface area contributed by atoms with Gasteiger partial charge in [0.2, 0.25) is 5.91 Å². The smallest absolute Gasteiger partial charge is 0.222 e. The molecule has 0 unspecified atom stereocenters. The average molecular weight is 348 g/mol. The van der Waals surface area contributed by atoms with Crippen molar-refractivity contribution in [2.24, 2.45) is 5.92 Å². The predicted molar refractivity (Wildman–Crippen MR) is 103 cm³/mol. The largest absolute Gasteiger partial charge is 0.399 e. The number of carbonyl (C=O) groups excluding carboxylic acids is 1. The minimum atomic E-state index is 0.337. The van der Waals surface area contributed by atoms with E-state index in [1.165, 1.54) is 36.3 Å². The molecule has 2 aliphatic rings. The van der Waals surface area contributed by atoms with Gasteiger partial charge in [-0.15, -0.1) is 11.8 Å². The Bertz CT molecular complexity index is 572. The highest BCUT2D eigenvalue weighted by molar-refractivity contribution is 7.99. The maximum Gasteiger partial charge on any atom is 0.222 e. The molecule has 1 heterocycles. The van der Waals surface area contributed by atoms with Crippen LogP contribution in [-0.2, 0) is 4.79 Å². The number of amides is 1. The first-order chi connectivity index (χ1) is 11.7. The Morgan fingerprint density at radius 1 is 1.38 bits per heavy atom. The third-order valence-corrected chi connectivity index (χ3v) is 6.30. The van der Waals surface area contributed by atoms with Gasteiger partial charge < -0.3 is 15.5 Å². The Morgan fingerprint density at radius 3 is 2.92 bits per heavy atom. The second kappa shape index (κ2) is 8.15. The molecule has 1 aromatic carbocycles. The molecular weight excluding hydrogens is 318 g/mol. The van der Waals surface area contributed by atoms with Crippen LogP contribution in [0.25, 0.3) is 0 Å². The molecule has 132 valence electrons. The normalized spacial score (nSPS) is 17.8. The lowest BCUT2D eigenvalue weighted by molar-refractivity contribution is -0.131. The van der Waals surface area contributed by atoms with Gasteiger partial charge in [0.05, 0.1) is 5.69 Å². The molecule has 0 atom stereocenters. The summed E-state index contributed by atoms with van der Waals surface area (Å²) in [4.78, 5) is 18.3. The second-order valence-electron chi connectivity index (χ2n) is 6.89. The van der Waals surface area contributed by atoms with Gasteiger partial charge in [0.15, 0.2) is 0 Å². The number of nitrogen functional groups attached to an aromatic ring is 1. The number of hydrogen-bond donors (Lipinski definition) is 1. The Kier molecular flexibility index (Phi) is 5.93. The maximum atomic E-state index is 12.6. The molecule has 1 aliphatic carbocycles. The monoisotopic (exact) mass is 347 g/mol. The summed E-state index contributed by atoms with van der Waals surface area (Å²) in [5.74, 6) is 2.06. The fourth-order valence-electron chi connectivity index (χ4n) is 3.81. The van der Waals surface area contributed by atoms with Gasteiger partial charge in [-0.25, -0.2) is 0 Å². The van der Waals surface area contributed by atoms with Crippen LogP contribution in [0.4, 0.5) is 11.4 Å². The van der Waals surface area contributed by atoms with E-state index >= 15 is 0 Å². The first kappa shape index (κ1) is 17.5. The van der Waals surface area contributed by atoms with Crippen LogP contribution in [0.15, 0.2) is 23.1 Å². The Balaban J connectivity index is 1.58. The average Bonchev–Trinajstić information content (AvgIpc) is 3.08. The third kappa shape index (κ3) is 4.18. The van der Waals surface area contributed by atoms with Crippen molar-refractivity contribution in [1.29, 1.82) is 0 Å². The van der Waals surface area contributed by atoms with Crippen LogP contribution >= 0.6 is 11.8 Å². The number of anilines is 2. The summed E-state index contributed by atoms with van der Waals surface area (Å²) < 4.78 is 0. The molecule has 0 radical (unpaired) electrons. The van der Waals surface area contributed by atoms with Crippen LogP contribution in [-0.4, -0.2) is 42.7 Å². The van der Waals surface area contributed by atoms with Crippen LogP contribution in [0, 0.1) is 5.92 Å². The minimum Gasteiger partial charge on any atom is -0.399 e. The molecule has 3 rings (SSSR count). The zero-order valence-electron chi connectivity index (χ0n) is 14.7. The standard InChI is InChI=1S/C19H29N3OS/c1-2-21(19(23)13-15-5-3-4-6-15)9-10-22-11-12-24-18-8-7-16(20)14-17(18)22/h7-8,14-15H,2-6,9-13,20H2,1H3. The Labute approximate surface area is 149 Å². The van der Waals surface area contributed by atoms with Crippen molar-refractivity contribution in [2.75, 3.05) is 42.6 Å². The van der Waals surface area contributed by atoms with E-state index in [2.05, 4.69) is 24.0 Å². The molecule has 0 bridgehead atoms. The van der Waals surface area contributed by atoms with E-state index in [1.54, 1.807) is 0 Å². The molecule has 1 aliphatic heterocycles. The second-order valence-corrected chi connectivity index (χ2v) is 8.03. The Morgan fingerprint density at radius 2 is 2.17 bits per heavy atom. The summed E-state index contributed by atoms with van der Waals surface area (Å²) in [5.41, 5.74) is 8.00. The number of likely N-dealkylation sites (N-methyl/N-ethyl adjacent to an activating group) is 1. The number of benzene rings is 1. The molecular formula is C19H29N3OS. The van der Waals surface area contributed by atoms with Gasteiger partial charge in [0.25, 0.3) is 0 Å². The van der Waals surface area contributed by atoms with Crippen molar-refractivity contribution in [2.45, 2.75) is 43.9 Å². The van der Waals surface area contributed by atoms with Crippen LogP contribution in [0.5, 0.6) is 0 Å². The summed E-state index contributed by atoms with van der Waals surface area (Å²) >= 11 is 1.89. The molecule has 0 spiro atoms. The number of carbonyl (C=O) groups is 1. The quantitative estimate of drug-likeness (QED) is 0.799. The summed E-state index contributed by atoms with van der Waals surface area (Å²) in [6.45, 7) is 5.61. The van der Waals surface area contributed by atoms with Gasteiger partial charge in [-0.05, 0) is 43.9 Å². The lowest BCUT2D eigenvalue weighted by Gasteiger charge is -2.33. The fourth-order valence-corrected chi connectivity index (χ4v) is 4.84. The van der Waals surface area contributed by atoms with E-state index in [4.69, 9.17) is 5.73 Å². The van der Waals surface area contributed by atoms with E-state index in [1.807, 2.05) is 22.7 Å². The van der Waals surface area contributed by atoms with Crippen molar-refractivity contribution in [1.82, 2.24) is 4.90 Å². The molecule has 24 heavy (non-hydrogen) atoms. The molecule has 0 aromatic heterocycles. The molecule has 1 fully saturated rings. The Hall–Kier alpha value is -1.36. The molecule has 2 N–H and O–H groups in total. The van der Waals surface area contributed by atoms with Crippen molar-refractivity contribution < 1.29 is 4.79 Å². The summed E-state index contributed by atoms with van der Waals surface area (Å²) in [6, 6.07) is 6.15. The number of nitrogens with zero attached hydrogens (tertiary/aromatic N) is 2. The minimum absolute atomic E-state index is 0.337. The summed E-state index contributed by atoms with van der Waals surface area (Å²) in [6.07, 6.45) is 5.81. The molecule has 1 amide bonds. The van der Waals surface area contributed by atoms with Gasteiger partial charge >= 0.3 is 0 Å². The number of rotatable bonds is 6. The lowest BCUT2D eigenvalue weighted by Crippen LogP contribution is -2.40. The van der Waals surface area contributed by atoms with E-state index in [-0.39, 0.29) is 0 Å². The zero-order chi connectivity index (χ0) is 16.9.